The highest BCUT2D eigenvalue weighted by Crippen LogP contribution is 2.54. The summed E-state index contributed by atoms with van der Waals surface area (Å²) >= 11 is 0. The predicted molar refractivity (Wildman–Crippen MR) is 498 cm³/mol. The molecule has 0 unspecified atom stereocenters. The summed E-state index contributed by atoms with van der Waals surface area (Å²) in [7, 11) is 0. The van der Waals surface area contributed by atoms with Gasteiger partial charge in [-0.2, -0.15) is 0 Å². The van der Waals surface area contributed by atoms with E-state index < -0.39 is 0 Å². The molecule has 0 atom stereocenters. The third-order valence-electron chi connectivity index (χ3n) is 25.9. The molecule has 0 N–H and O–H groups in total. The molecular formula is C114H80N4. The van der Waals surface area contributed by atoms with Crippen LogP contribution in [0.15, 0.2) is 413 Å². The molecule has 556 valence electrons. The molecule has 24 rings (SSSR count). The van der Waals surface area contributed by atoms with Gasteiger partial charge in [0.25, 0.3) is 0 Å². The monoisotopic (exact) mass is 1500 g/mol. The average molecular weight is 1510 g/mol. The molecule has 4 aromatic heterocycles. The van der Waals surface area contributed by atoms with E-state index in [1.807, 2.05) is 0 Å². The van der Waals surface area contributed by atoms with E-state index in [2.05, 4.69) is 458 Å². The molecule has 4 nitrogen and oxygen atoms in total. The van der Waals surface area contributed by atoms with Crippen molar-refractivity contribution in [3.8, 4) is 112 Å². The van der Waals surface area contributed by atoms with Crippen LogP contribution in [-0.4, -0.2) is 18.3 Å². The van der Waals surface area contributed by atoms with E-state index in [-0.39, 0.29) is 10.8 Å². The van der Waals surface area contributed by atoms with Gasteiger partial charge in [-0.15, -0.1) is 0 Å². The summed E-state index contributed by atoms with van der Waals surface area (Å²) in [4.78, 5) is 0. The third-order valence-corrected chi connectivity index (χ3v) is 25.9. The summed E-state index contributed by atoms with van der Waals surface area (Å²) in [5.74, 6) is 0. The molecule has 0 fully saturated rings. The van der Waals surface area contributed by atoms with E-state index in [1.165, 1.54) is 198 Å². The summed E-state index contributed by atoms with van der Waals surface area (Å²) in [5, 5.41) is 10.1. The molecule has 0 aliphatic heterocycles. The highest BCUT2D eigenvalue weighted by molar-refractivity contribution is 6.17. The highest BCUT2D eigenvalue weighted by Gasteiger charge is 2.38. The summed E-state index contributed by atoms with van der Waals surface area (Å²) in [6.45, 7) is 9.49. The van der Waals surface area contributed by atoms with E-state index in [4.69, 9.17) is 0 Å². The summed E-state index contributed by atoms with van der Waals surface area (Å²) < 4.78 is 9.76. The minimum Gasteiger partial charge on any atom is -0.309 e. The standard InChI is InChI=1S/2C57H40N2/c1-57(2)51-19-11-9-17-45(51)47-36-56-50(35-52(47)57)49-34-42(26-32-55(49)59(56)44-29-23-40(24-30-44)38-15-7-4-8-16-38)41-25-31-54-48(33-41)46-18-10-12-20-53(46)58(54)43-27-21-39(22-28-43)37-13-5-3-6-14-37;1-57(2)51-19-11-9-17-45(51)47-35-50-49-34-42(26-32-55(49)59(56(50)36-52(47)57)44-29-23-40(24-30-44)38-15-7-4-8-16-38)41-25-31-54-48(33-41)46-18-10-12-20-53(46)58(54)43-27-21-39(22-28-43)37-13-5-3-6-14-37/h2*3-36H,1-2H3. The second-order valence-electron chi connectivity index (χ2n) is 33.1. The fourth-order valence-electron chi connectivity index (χ4n) is 19.9. The topological polar surface area (TPSA) is 19.7 Å². The molecule has 0 saturated heterocycles. The van der Waals surface area contributed by atoms with Crippen molar-refractivity contribution in [1.82, 2.24) is 18.3 Å². The summed E-state index contributed by atoms with van der Waals surface area (Å²) in [5.41, 5.74) is 39.7. The number of benzene rings is 18. The molecule has 0 spiro atoms. The van der Waals surface area contributed by atoms with E-state index in [9.17, 15) is 0 Å². The van der Waals surface area contributed by atoms with Crippen molar-refractivity contribution in [2.24, 2.45) is 0 Å². The molecule has 2 aliphatic rings. The van der Waals surface area contributed by atoms with Crippen LogP contribution in [0.3, 0.4) is 0 Å². The Bertz CT molecular complexity index is 7760. The molecule has 4 heteroatoms. The van der Waals surface area contributed by atoms with Gasteiger partial charge in [-0.05, 0) is 245 Å². The van der Waals surface area contributed by atoms with E-state index >= 15 is 0 Å². The van der Waals surface area contributed by atoms with E-state index in [0.717, 1.165) is 22.7 Å². The van der Waals surface area contributed by atoms with Crippen molar-refractivity contribution in [3.05, 3.63) is 435 Å². The van der Waals surface area contributed by atoms with Crippen molar-refractivity contribution < 1.29 is 0 Å². The molecule has 18 aromatic carbocycles. The Labute approximate surface area is 685 Å². The first kappa shape index (κ1) is 68.7. The lowest BCUT2D eigenvalue weighted by Gasteiger charge is -2.21. The second-order valence-corrected chi connectivity index (χ2v) is 33.1. The first-order valence-corrected chi connectivity index (χ1v) is 41.2. The first-order valence-electron chi connectivity index (χ1n) is 41.2. The molecule has 118 heavy (non-hydrogen) atoms. The van der Waals surface area contributed by atoms with Crippen LogP contribution in [-0.2, 0) is 10.8 Å². The Morgan fingerprint density at radius 1 is 0.144 bits per heavy atom. The van der Waals surface area contributed by atoms with Gasteiger partial charge >= 0.3 is 0 Å². The van der Waals surface area contributed by atoms with Crippen LogP contribution in [0.5, 0.6) is 0 Å². The minimum absolute atomic E-state index is 0.0927. The SMILES string of the molecule is CC1(C)c2ccccc2-c2cc3c(cc21)c1cc(-c2ccc4c(c2)c2ccccc2n4-c2ccc(-c4ccccc4)cc2)ccc1n3-c1ccc(-c2ccccc2)cc1.CC1(C)c2ccccc2-c2cc3c4cc(-c5ccc6c(c5)c5ccccc5n6-c5ccc(-c6ccccc6)cc5)ccc4n(-c4ccc(-c5ccccc5)cc4)c3cc21. The Hall–Kier alpha value is -14.8. The maximum atomic E-state index is 2.49. The molecule has 2 aliphatic carbocycles. The number of hydrogen-bond acceptors (Lipinski definition) is 0. The Morgan fingerprint density at radius 3 is 0.737 bits per heavy atom. The van der Waals surface area contributed by atoms with Crippen molar-refractivity contribution in [3.63, 3.8) is 0 Å². The van der Waals surface area contributed by atoms with Crippen LogP contribution in [0.1, 0.15) is 49.9 Å². The van der Waals surface area contributed by atoms with Gasteiger partial charge in [0.15, 0.2) is 0 Å². The van der Waals surface area contributed by atoms with Gasteiger partial charge in [0.1, 0.15) is 0 Å². The lowest BCUT2D eigenvalue weighted by Crippen LogP contribution is -2.14. The fourth-order valence-corrected chi connectivity index (χ4v) is 19.9. The largest absolute Gasteiger partial charge is 0.309 e. The molecule has 0 bridgehead atoms. The smallest absolute Gasteiger partial charge is 0.0547 e. The van der Waals surface area contributed by atoms with E-state index in [1.54, 1.807) is 0 Å². The van der Waals surface area contributed by atoms with Crippen molar-refractivity contribution in [2.75, 3.05) is 0 Å². The average Bonchev–Trinajstić information content (AvgIpc) is 1.54. The van der Waals surface area contributed by atoms with Crippen LogP contribution in [0.25, 0.3) is 199 Å². The van der Waals surface area contributed by atoms with Gasteiger partial charge in [0.05, 0.1) is 44.1 Å². The zero-order chi connectivity index (χ0) is 78.5. The Morgan fingerprint density at radius 2 is 0.381 bits per heavy atom. The quantitative estimate of drug-likeness (QED) is 0.130. The summed E-state index contributed by atoms with van der Waals surface area (Å²) in [6.07, 6.45) is 0. The number of fused-ring (bicyclic) bond motifs is 18. The van der Waals surface area contributed by atoms with Crippen LogP contribution < -0.4 is 0 Å². The molecule has 4 heterocycles. The van der Waals surface area contributed by atoms with Crippen LogP contribution in [0, 0.1) is 0 Å². The number of nitrogens with zero attached hydrogens (tertiary/aromatic N) is 4. The first-order chi connectivity index (χ1) is 58.0. The molecule has 0 amide bonds. The maximum Gasteiger partial charge on any atom is 0.0547 e. The minimum atomic E-state index is -0.0950. The van der Waals surface area contributed by atoms with Crippen molar-refractivity contribution in [1.29, 1.82) is 0 Å². The van der Waals surface area contributed by atoms with E-state index in [0.29, 0.717) is 0 Å². The third kappa shape index (κ3) is 10.9. The zero-order valence-corrected chi connectivity index (χ0v) is 66.0. The molecular weight excluding hydrogens is 1430 g/mol. The summed E-state index contributed by atoms with van der Waals surface area (Å²) in [6, 6.07) is 152. The number of hydrogen-bond donors (Lipinski definition) is 0. The normalized spacial score (nSPS) is 13.1. The molecule has 0 radical (unpaired) electrons. The van der Waals surface area contributed by atoms with Crippen molar-refractivity contribution >= 4 is 87.2 Å². The highest BCUT2D eigenvalue weighted by atomic mass is 15.0. The molecule has 22 aromatic rings. The van der Waals surface area contributed by atoms with Gasteiger partial charge < -0.3 is 18.3 Å². The lowest BCUT2D eigenvalue weighted by atomic mass is 9.82. The second kappa shape index (κ2) is 26.9. The van der Waals surface area contributed by atoms with Gasteiger partial charge in [0.2, 0.25) is 0 Å². The predicted octanol–water partition coefficient (Wildman–Crippen LogP) is 30.4. The fraction of sp³-hybridized carbons (Fsp3) is 0.0526. The Balaban J connectivity index is 0.000000138. The Kier molecular flexibility index (Phi) is 15.7. The van der Waals surface area contributed by atoms with Crippen LogP contribution in [0.4, 0.5) is 0 Å². The van der Waals surface area contributed by atoms with Crippen LogP contribution >= 0.6 is 0 Å². The lowest BCUT2D eigenvalue weighted by molar-refractivity contribution is 0.661. The van der Waals surface area contributed by atoms with Gasteiger partial charge in [0, 0.05) is 76.7 Å². The molecule has 0 saturated carbocycles. The number of aromatic nitrogens is 4. The number of rotatable bonds is 10. The van der Waals surface area contributed by atoms with Crippen LogP contribution in [0.2, 0.25) is 0 Å². The zero-order valence-electron chi connectivity index (χ0n) is 66.0. The van der Waals surface area contributed by atoms with Gasteiger partial charge in [-0.1, -0.05) is 307 Å². The van der Waals surface area contributed by atoms with Crippen molar-refractivity contribution in [2.45, 2.75) is 38.5 Å². The maximum absolute atomic E-state index is 2.49. The number of para-hydroxylation sites is 2. The van der Waals surface area contributed by atoms with Gasteiger partial charge in [-0.25, -0.2) is 0 Å². The van der Waals surface area contributed by atoms with Gasteiger partial charge in [-0.3, -0.25) is 0 Å².